The molecule has 4 heteroatoms. The van der Waals surface area contributed by atoms with Crippen molar-refractivity contribution in [3.8, 4) is 5.75 Å². The maximum absolute atomic E-state index is 12.0. The van der Waals surface area contributed by atoms with E-state index in [9.17, 15) is 4.79 Å². The van der Waals surface area contributed by atoms with Crippen LogP contribution in [0.3, 0.4) is 0 Å². The van der Waals surface area contributed by atoms with E-state index in [-0.39, 0.29) is 5.97 Å². The molecule has 2 atom stereocenters. The number of esters is 1. The van der Waals surface area contributed by atoms with Crippen LogP contribution in [-0.4, -0.2) is 18.7 Å². The van der Waals surface area contributed by atoms with Crippen LogP contribution in [0, 0.1) is 12.8 Å². The molecule has 1 aromatic rings. The summed E-state index contributed by atoms with van der Waals surface area (Å²) in [6, 6.07) is 5.34. The van der Waals surface area contributed by atoms with E-state index in [1.54, 1.807) is 19.1 Å². The molecule has 1 rings (SSSR count). The van der Waals surface area contributed by atoms with Gasteiger partial charge in [-0.3, -0.25) is 0 Å². The van der Waals surface area contributed by atoms with Gasteiger partial charge in [0.1, 0.15) is 5.75 Å². The van der Waals surface area contributed by atoms with E-state index in [0.29, 0.717) is 23.3 Å². The van der Waals surface area contributed by atoms with Crippen LogP contribution in [0.15, 0.2) is 18.2 Å². The molecule has 0 aromatic heterocycles. The molecule has 0 spiro atoms. The highest BCUT2D eigenvalue weighted by atomic mass is 35.5. The maximum atomic E-state index is 12.0. The first-order valence-electron chi connectivity index (χ1n) is 8.07. The molecule has 0 aliphatic heterocycles. The van der Waals surface area contributed by atoms with Crippen LogP contribution >= 0.6 is 11.6 Å². The van der Waals surface area contributed by atoms with Crippen molar-refractivity contribution < 1.29 is 14.3 Å². The maximum Gasteiger partial charge on any atom is 0.347 e. The van der Waals surface area contributed by atoms with Crippen LogP contribution in [0.4, 0.5) is 0 Å². The second kappa shape index (κ2) is 9.73. The zero-order valence-electron chi connectivity index (χ0n) is 14.0. The third-order valence-corrected chi connectivity index (χ3v) is 4.01. The van der Waals surface area contributed by atoms with Gasteiger partial charge in [-0.1, -0.05) is 44.7 Å². The van der Waals surface area contributed by atoms with Crippen LogP contribution in [0.2, 0.25) is 5.02 Å². The van der Waals surface area contributed by atoms with Gasteiger partial charge in [-0.05, 0) is 49.9 Å². The normalized spacial score (nSPS) is 13.5. The number of halogens is 1. The van der Waals surface area contributed by atoms with E-state index in [1.165, 1.54) is 12.8 Å². The Morgan fingerprint density at radius 3 is 2.64 bits per heavy atom. The Bertz CT molecular complexity index is 473. The summed E-state index contributed by atoms with van der Waals surface area (Å²) in [7, 11) is 0. The monoisotopic (exact) mass is 326 g/mol. The van der Waals surface area contributed by atoms with Crippen molar-refractivity contribution in [1.82, 2.24) is 0 Å². The molecular weight excluding hydrogens is 300 g/mol. The third kappa shape index (κ3) is 6.27. The molecule has 124 valence electrons. The second-order valence-corrected chi connectivity index (χ2v) is 6.15. The number of hydrogen-bond acceptors (Lipinski definition) is 3. The molecule has 0 unspecified atom stereocenters. The van der Waals surface area contributed by atoms with E-state index in [4.69, 9.17) is 21.1 Å². The minimum absolute atomic E-state index is 0.315. The summed E-state index contributed by atoms with van der Waals surface area (Å²) in [6.45, 7) is 8.39. The summed E-state index contributed by atoms with van der Waals surface area (Å²) in [5.74, 6) is 0.782. The lowest BCUT2D eigenvalue weighted by molar-refractivity contribution is -0.152. The molecule has 0 saturated carbocycles. The second-order valence-electron chi connectivity index (χ2n) is 5.72. The first-order valence-corrected chi connectivity index (χ1v) is 8.45. The van der Waals surface area contributed by atoms with E-state index in [1.807, 2.05) is 13.0 Å². The van der Waals surface area contributed by atoms with Crippen LogP contribution in [-0.2, 0) is 9.53 Å². The molecule has 22 heavy (non-hydrogen) atoms. The summed E-state index contributed by atoms with van der Waals surface area (Å²) in [4.78, 5) is 12.0. The molecule has 0 bridgehead atoms. The SMILES string of the molecule is CCCC[C@@H](CC)COC(=O)[C@@H](C)Oc1ccc(Cl)cc1C. The van der Waals surface area contributed by atoms with Gasteiger partial charge in [0, 0.05) is 5.02 Å². The van der Waals surface area contributed by atoms with E-state index in [0.717, 1.165) is 18.4 Å². The average Bonchev–Trinajstić information content (AvgIpc) is 2.49. The lowest BCUT2D eigenvalue weighted by Crippen LogP contribution is -2.28. The van der Waals surface area contributed by atoms with E-state index >= 15 is 0 Å². The Balaban J connectivity index is 2.47. The van der Waals surface area contributed by atoms with E-state index in [2.05, 4.69) is 13.8 Å². The smallest absolute Gasteiger partial charge is 0.347 e. The van der Waals surface area contributed by atoms with Gasteiger partial charge >= 0.3 is 5.97 Å². The fourth-order valence-electron chi connectivity index (χ4n) is 2.20. The number of carbonyl (C=O) groups is 1. The van der Waals surface area contributed by atoms with Gasteiger partial charge in [0.05, 0.1) is 6.61 Å². The Labute approximate surface area is 139 Å². The predicted octanol–water partition coefficient (Wildman–Crippen LogP) is 5.18. The highest BCUT2D eigenvalue weighted by molar-refractivity contribution is 6.30. The molecule has 1 aromatic carbocycles. The van der Waals surface area contributed by atoms with Crippen molar-refractivity contribution in [2.24, 2.45) is 5.92 Å². The molecule has 0 aliphatic carbocycles. The Morgan fingerprint density at radius 1 is 1.32 bits per heavy atom. The van der Waals surface area contributed by atoms with Crippen molar-refractivity contribution in [2.45, 2.75) is 59.5 Å². The lowest BCUT2D eigenvalue weighted by Gasteiger charge is -2.18. The topological polar surface area (TPSA) is 35.5 Å². The van der Waals surface area contributed by atoms with Gasteiger partial charge < -0.3 is 9.47 Å². The lowest BCUT2D eigenvalue weighted by atomic mass is 10.0. The standard InChI is InChI=1S/C18H27ClO3/c1-5-7-8-15(6-2)12-21-18(20)14(4)22-17-10-9-16(19)11-13(17)3/h9-11,14-15H,5-8,12H2,1-4H3/t14-,15-/m1/s1. The molecule has 0 saturated heterocycles. The molecule has 0 fully saturated rings. The predicted molar refractivity (Wildman–Crippen MR) is 90.5 cm³/mol. The number of benzene rings is 1. The van der Waals surface area contributed by atoms with Gasteiger partial charge in [-0.2, -0.15) is 0 Å². The van der Waals surface area contributed by atoms with Crippen LogP contribution < -0.4 is 4.74 Å². The number of hydrogen-bond donors (Lipinski definition) is 0. The van der Waals surface area contributed by atoms with Crippen LogP contribution in [0.1, 0.15) is 52.0 Å². The van der Waals surface area contributed by atoms with Crippen LogP contribution in [0.25, 0.3) is 0 Å². The van der Waals surface area contributed by atoms with Crippen molar-refractivity contribution in [3.05, 3.63) is 28.8 Å². The fourth-order valence-corrected chi connectivity index (χ4v) is 2.43. The third-order valence-electron chi connectivity index (χ3n) is 3.78. The zero-order chi connectivity index (χ0) is 16.5. The highest BCUT2D eigenvalue weighted by Gasteiger charge is 2.19. The quantitative estimate of drug-likeness (QED) is 0.587. The Morgan fingerprint density at radius 2 is 2.05 bits per heavy atom. The summed E-state index contributed by atoms with van der Waals surface area (Å²) in [6.07, 6.45) is 3.85. The summed E-state index contributed by atoms with van der Waals surface area (Å²) in [5, 5.41) is 0.654. The molecule has 0 N–H and O–H groups in total. The van der Waals surface area contributed by atoms with Crippen molar-refractivity contribution in [2.75, 3.05) is 6.61 Å². The van der Waals surface area contributed by atoms with Gasteiger partial charge in [-0.15, -0.1) is 0 Å². The first-order chi connectivity index (χ1) is 10.5. The largest absolute Gasteiger partial charge is 0.479 e. The molecule has 0 aliphatic rings. The number of ether oxygens (including phenoxy) is 2. The number of rotatable bonds is 9. The Kier molecular flexibility index (Phi) is 8.32. The van der Waals surface area contributed by atoms with Gasteiger partial charge in [0.25, 0.3) is 0 Å². The number of carbonyl (C=O) groups excluding carboxylic acids is 1. The van der Waals surface area contributed by atoms with Gasteiger partial charge in [-0.25, -0.2) is 4.79 Å². The molecule has 0 radical (unpaired) electrons. The summed E-state index contributed by atoms with van der Waals surface area (Å²) >= 11 is 5.91. The molecule has 3 nitrogen and oxygen atoms in total. The van der Waals surface area contributed by atoms with Crippen molar-refractivity contribution in [1.29, 1.82) is 0 Å². The summed E-state index contributed by atoms with van der Waals surface area (Å²) in [5.41, 5.74) is 0.904. The van der Waals surface area contributed by atoms with Crippen molar-refractivity contribution in [3.63, 3.8) is 0 Å². The average molecular weight is 327 g/mol. The zero-order valence-corrected chi connectivity index (χ0v) is 14.8. The molecule has 0 amide bonds. The Hall–Kier alpha value is -1.22. The number of aryl methyl sites for hydroxylation is 1. The fraction of sp³-hybridized carbons (Fsp3) is 0.611. The highest BCUT2D eigenvalue weighted by Crippen LogP contribution is 2.23. The number of unbranched alkanes of at least 4 members (excludes halogenated alkanes) is 1. The minimum atomic E-state index is -0.622. The summed E-state index contributed by atoms with van der Waals surface area (Å²) < 4.78 is 11.1. The van der Waals surface area contributed by atoms with Crippen LogP contribution in [0.5, 0.6) is 5.75 Å². The van der Waals surface area contributed by atoms with Gasteiger partial charge in [0.15, 0.2) is 6.10 Å². The first kappa shape index (κ1) is 18.8. The molecule has 0 heterocycles. The van der Waals surface area contributed by atoms with Crippen molar-refractivity contribution >= 4 is 17.6 Å². The minimum Gasteiger partial charge on any atom is -0.479 e. The molecular formula is C18H27ClO3. The van der Waals surface area contributed by atoms with E-state index < -0.39 is 6.10 Å². The van der Waals surface area contributed by atoms with Gasteiger partial charge in [0.2, 0.25) is 0 Å².